The van der Waals surface area contributed by atoms with Gasteiger partial charge in [-0.15, -0.1) is 10.2 Å². The third kappa shape index (κ3) is 4.07. The fourth-order valence-corrected chi connectivity index (χ4v) is 1.55. The van der Waals surface area contributed by atoms with Crippen LogP contribution in [0.4, 0.5) is 0 Å². The molecule has 0 fully saturated rings. The van der Waals surface area contributed by atoms with E-state index in [2.05, 4.69) is 31.3 Å². The SMILES string of the molecule is COCC(C)NC(=S)NC(C)c1nn[nH]n1. The van der Waals surface area contributed by atoms with Gasteiger partial charge in [0.25, 0.3) is 0 Å². The second-order valence-electron chi connectivity index (χ2n) is 3.47. The number of ether oxygens (including phenoxy) is 1. The highest BCUT2D eigenvalue weighted by atomic mass is 32.1. The zero-order chi connectivity index (χ0) is 12.0. The third-order valence-electron chi connectivity index (χ3n) is 1.89. The average Bonchev–Trinajstić information content (AvgIpc) is 2.69. The summed E-state index contributed by atoms with van der Waals surface area (Å²) in [5.74, 6) is 0.573. The van der Waals surface area contributed by atoms with Crippen LogP contribution in [-0.4, -0.2) is 45.5 Å². The summed E-state index contributed by atoms with van der Waals surface area (Å²) in [4.78, 5) is 0. The molecule has 3 N–H and O–H groups in total. The summed E-state index contributed by atoms with van der Waals surface area (Å²) in [6.45, 7) is 4.48. The molecule has 0 saturated carbocycles. The molecule has 2 atom stereocenters. The molecule has 0 aliphatic rings. The molecule has 0 bridgehead atoms. The molecule has 1 aromatic heterocycles. The Morgan fingerprint density at radius 2 is 2.25 bits per heavy atom. The average molecular weight is 244 g/mol. The largest absolute Gasteiger partial charge is 0.383 e. The van der Waals surface area contributed by atoms with Crippen molar-refractivity contribution in [2.45, 2.75) is 25.9 Å². The van der Waals surface area contributed by atoms with Crippen LogP contribution in [0.3, 0.4) is 0 Å². The van der Waals surface area contributed by atoms with Crippen molar-refractivity contribution in [3.63, 3.8) is 0 Å². The molecule has 0 amide bonds. The summed E-state index contributed by atoms with van der Waals surface area (Å²) < 4.78 is 4.99. The van der Waals surface area contributed by atoms with Gasteiger partial charge in [0, 0.05) is 13.2 Å². The van der Waals surface area contributed by atoms with E-state index in [0.717, 1.165) is 0 Å². The van der Waals surface area contributed by atoms with Crippen LogP contribution >= 0.6 is 12.2 Å². The first-order valence-electron chi connectivity index (χ1n) is 4.92. The number of nitrogens with zero attached hydrogens (tertiary/aromatic N) is 3. The zero-order valence-electron chi connectivity index (χ0n) is 9.52. The van der Waals surface area contributed by atoms with E-state index in [9.17, 15) is 0 Å². The molecule has 1 heterocycles. The Bertz CT molecular complexity index is 316. The van der Waals surface area contributed by atoms with Crippen molar-refractivity contribution in [3.05, 3.63) is 5.82 Å². The van der Waals surface area contributed by atoms with E-state index < -0.39 is 0 Å². The maximum absolute atomic E-state index is 5.13. The number of tetrazole rings is 1. The molecule has 0 saturated heterocycles. The number of H-pyrrole nitrogens is 1. The fraction of sp³-hybridized carbons (Fsp3) is 0.750. The number of hydrogen-bond donors (Lipinski definition) is 3. The smallest absolute Gasteiger partial charge is 0.196 e. The van der Waals surface area contributed by atoms with Crippen molar-refractivity contribution in [2.75, 3.05) is 13.7 Å². The lowest BCUT2D eigenvalue weighted by molar-refractivity contribution is 0.179. The van der Waals surface area contributed by atoms with E-state index in [4.69, 9.17) is 17.0 Å². The Hall–Kier alpha value is -1.28. The third-order valence-corrected chi connectivity index (χ3v) is 2.13. The monoisotopic (exact) mass is 244 g/mol. The molecule has 7 nitrogen and oxygen atoms in total. The van der Waals surface area contributed by atoms with Gasteiger partial charge in [0.2, 0.25) is 0 Å². The quantitative estimate of drug-likeness (QED) is 0.616. The molecule has 16 heavy (non-hydrogen) atoms. The van der Waals surface area contributed by atoms with Gasteiger partial charge in [-0.2, -0.15) is 5.21 Å². The first-order chi connectivity index (χ1) is 7.63. The van der Waals surface area contributed by atoms with Gasteiger partial charge in [-0.3, -0.25) is 0 Å². The highest BCUT2D eigenvalue weighted by Crippen LogP contribution is 2.02. The minimum absolute atomic E-state index is 0.0894. The number of nitrogens with one attached hydrogen (secondary N) is 3. The van der Waals surface area contributed by atoms with E-state index in [0.29, 0.717) is 17.5 Å². The van der Waals surface area contributed by atoms with Gasteiger partial charge >= 0.3 is 0 Å². The first kappa shape index (κ1) is 12.8. The van der Waals surface area contributed by atoms with Crippen molar-refractivity contribution in [1.29, 1.82) is 0 Å². The molecule has 1 aromatic rings. The number of rotatable bonds is 5. The van der Waals surface area contributed by atoms with Crippen LogP contribution in [0.25, 0.3) is 0 Å². The van der Waals surface area contributed by atoms with Crippen molar-refractivity contribution in [3.8, 4) is 0 Å². The molecular weight excluding hydrogens is 228 g/mol. The summed E-state index contributed by atoms with van der Waals surface area (Å²) in [5.41, 5.74) is 0. The predicted molar refractivity (Wildman–Crippen MR) is 62.8 cm³/mol. The van der Waals surface area contributed by atoms with Crippen LogP contribution in [-0.2, 0) is 4.74 Å². The molecular formula is C8H16N6OS. The Kier molecular flexibility index (Phi) is 5.06. The van der Waals surface area contributed by atoms with Crippen LogP contribution in [0, 0.1) is 0 Å². The van der Waals surface area contributed by atoms with Crippen LogP contribution in [0.15, 0.2) is 0 Å². The molecule has 2 unspecified atom stereocenters. The topological polar surface area (TPSA) is 87.8 Å². The second-order valence-corrected chi connectivity index (χ2v) is 3.87. The van der Waals surface area contributed by atoms with Gasteiger partial charge in [0.05, 0.1) is 12.6 Å². The Balaban J connectivity index is 2.34. The molecule has 0 spiro atoms. The Morgan fingerprint density at radius 1 is 1.50 bits per heavy atom. The van der Waals surface area contributed by atoms with Crippen molar-refractivity contribution >= 4 is 17.3 Å². The fourth-order valence-electron chi connectivity index (χ4n) is 1.17. The maximum Gasteiger partial charge on any atom is 0.196 e. The normalized spacial score (nSPS) is 14.2. The van der Waals surface area contributed by atoms with Crippen LogP contribution in [0.2, 0.25) is 0 Å². The van der Waals surface area contributed by atoms with Gasteiger partial charge in [0.1, 0.15) is 0 Å². The predicted octanol–water partition coefficient (Wildman–Crippen LogP) is -0.240. The Labute approximate surface area is 99.3 Å². The van der Waals surface area contributed by atoms with E-state index in [-0.39, 0.29) is 12.1 Å². The number of thiocarbonyl (C=S) groups is 1. The molecule has 0 radical (unpaired) electrons. The van der Waals surface area contributed by atoms with Crippen molar-refractivity contribution in [2.24, 2.45) is 0 Å². The summed E-state index contributed by atoms with van der Waals surface area (Å²) >= 11 is 5.13. The lowest BCUT2D eigenvalue weighted by Gasteiger charge is -2.18. The number of hydrogen-bond acceptors (Lipinski definition) is 5. The number of methoxy groups -OCH3 is 1. The van der Waals surface area contributed by atoms with Crippen LogP contribution in [0.5, 0.6) is 0 Å². The van der Waals surface area contributed by atoms with E-state index in [1.54, 1.807) is 7.11 Å². The molecule has 0 aromatic carbocycles. The van der Waals surface area contributed by atoms with Crippen LogP contribution in [0.1, 0.15) is 25.7 Å². The van der Waals surface area contributed by atoms with Crippen LogP contribution < -0.4 is 10.6 Å². The summed E-state index contributed by atoms with van der Waals surface area (Å²) in [6, 6.07) is 0.0657. The standard InChI is InChI=1S/C8H16N6OS/c1-5(4-15-3)9-8(16)10-6(2)7-11-13-14-12-7/h5-6H,4H2,1-3H3,(H2,9,10,16)(H,11,12,13,14). The Morgan fingerprint density at radius 3 is 2.81 bits per heavy atom. The van der Waals surface area contributed by atoms with E-state index in [1.165, 1.54) is 0 Å². The molecule has 8 heteroatoms. The maximum atomic E-state index is 5.13. The number of aromatic amines is 1. The molecule has 1 rings (SSSR count). The van der Waals surface area contributed by atoms with Gasteiger partial charge in [0.15, 0.2) is 10.9 Å². The number of aromatic nitrogens is 4. The second kappa shape index (κ2) is 6.33. The summed E-state index contributed by atoms with van der Waals surface area (Å²) in [5, 5.41) is 20.3. The molecule has 0 aliphatic heterocycles. The van der Waals surface area contributed by atoms with E-state index in [1.807, 2.05) is 13.8 Å². The zero-order valence-corrected chi connectivity index (χ0v) is 10.3. The summed E-state index contributed by atoms with van der Waals surface area (Å²) in [7, 11) is 1.65. The van der Waals surface area contributed by atoms with Gasteiger partial charge in [-0.25, -0.2) is 0 Å². The minimum Gasteiger partial charge on any atom is -0.383 e. The molecule has 0 aliphatic carbocycles. The lowest BCUT2D eigenvalue weighted by Crippen LogP contribution is -2.43. The van der Waals surface area contributed by atoms with Gasteiger partial charge in [-0.05, 0) is 26.1 Å². The molecule has 90 valence electrons. The van der Waals surface area contributed by atoms with E-state index >= 15 is 0 Å². The van der Waals surface area contributed by atoms with Crippen molar-refractivity contribution in [1.82, 2.24) is 31.3 Å². The first-order valence-corrected chi connectivity index (χ1v) is 5.33. The lowest BCUT2D eigenvalue weighted by atomic mass is 10.3. The van der Waals surface area contributed by atoms with Gasteiger partial charge in [-0.1, -0.05) is 5.21 Å². The summed E-state index contributed by atoms with van der Waals surface area (Å²) in [6.07, 6.45) is 0. The van der Waals surface area contributed by atoms with Crippen molar-refractivity contribution < 1.29 is 4.74 Å². The van der Waals surface area contributed by atoms with Gasteiger partial charge < -0.3 is 15.4 Å². The highest BCUT2D eigenvalue weighted by molar-refractivity contribution is 7.80. The minimum atomic E-state index is -0.0894. The highest BCUT2D eigenvalue weighted by Gasteiger charge is 2.12.